The highest BCUT2D eigenvalue weighted by Crippen LogP contribution is 2.36. The van der Waals surface area contributed by atoms with Crippen molar-refractivity contribution in [3.05, 3.63) is 21.5 Å². The molecule has 0 spiro atoms. The van der Waals surface area contributed by atoms with Crippen LogP contribution >= 0.6 is 34.3 Å². The fourth-order valence-corrected chi connectivity index (χ4v) is 4.56. The highest BCUT2D eigenvalue weighted by molar-refractivity contribution is 7.21. The van der Waals surface area contributed by atoms with Gasteiger partial charge in [-0.25, -0.2) is 0 Å². The van der Waals surface area contributed by atoms with Crippen LogP contribution in [0.25, 0.3) is 9.88 Å². The van der Waals surface area contributed by atoms with Crippen LogP contribution < -0.4 is 0 Å². The van der Waals surface area contributed by atoms with Crippen LogP contribution in [-0.2, 0) is 19.3 Å². The van der Waals surface area contributed by atoms with Crippen molar-refractivity contribution in [1.82, 2.24) is 10.2 Å². The van der Waals surface area contributed by atoms with E-state index in [1.807, 2.05) is 11.3 Å². The zero-order valence-corrected chi connectivity index (χ0v) is 11.8. The first-order valence-electron chi connectivity index (χ1n) is 5.87. The van der Waals surface area contributed by atoms with Crippen molar-refractivity contribution in [3.8, 4) is 9.88 Å². The van der Waals surface area contributed by atoms with Gasteiger partial charge in [-0.3, -0.25) is 0 Å². The highest BCUT2D eigenvalue weighted by Gasteiger charge is 2.16. The van der Waals surface area contributed by atoms with Gasteiger partial charge in [0.05, 0.1) is 4.88 Å². The maximum Gasteiger partial charge on any atom is 0.157 e. The van der Waals surface area contributed by atoms with E-state index in [1.54, 1.807) is 16.2 Å². The summed E-state index contributed by atoms with van der Waals surface area (Å²) < 4.78 is 0. The van der Waals surface area contributed by atoms with Crippen LogP contribution in [-0.4, -0.2) is 16.1 Å². The van der Waals surface area contributed by atoms with Crippen molar-refractivity contribution in [2.24, 2.45) is 0 Å². The molecule has 2 heterocycles. The standard InChI is InChI=1S/C12H13ClN2S2/c13-6-5-11-14-15-12(17-11)10-7-8-3-1-2-4-9(8)16-10/h7H,1-6H2. The summed E-state index contributed by atoms with van der Waals surface area (Å²) in [6, 6.07) is 2.31. The summed E-state index contributed by atoms with van der Waals surface area (Å²) in [6.07, 6.45) is 5.97. The molecule has 0 atom stereocenters. The van der Waals surface area contributed by atoms with Gasteiger partial charge in [0.15, 0.2) is 5.01 Å². The lowest BCUT2D eigenvalue weighted by Gasteiger charge is -2.08. The normalized spacial score (nSPS) is 14.9. The molecule has 0 saturated heterocycles. The van der Waals surface area contributed by atoms with E-state index in [0.717, 1.165) is 16.4 Å². The summed E-state index contributed by atoms with van der Waals surface area (Å²) >= 11 is 9.29. The third-order valence-corrected chi connectivity index (χ3v) is 5.56. The van der Waals surface area contributed by atoms with Gasteiger partial charge in [0, 0.05) is 17.2 Å². The minimum atomic E-state index is 0.621. The molecule has 0 N–H and O–H groups in total. The van der Waals surface area contributed by atoms with Crippen molar-refractivity contribution >= 4 is 34.3 Å². The summed E-state index contributed by atoms with van der Waals surface area (Å²) in [7, 11) is 0. The number of hydrogen-bond donors (Lipinski definition) is 0. The van der Waals surface area contributed by atoms with Crippen molar-refractivity contribution in [2.45, 2.75) is 32.1 Å². The molecule has 0 saturated carbocycles. The fourth-order valence-electron chi connectivity index (χ4n) is 2.13. The molecule has 0 radical (unpaired) electrons. The minimum Gasteiger partial charge on any atom is -0.143 e. The Kier molecular flexibility index (Phi) is 3.45. The molecule has 1 aliphatic carbocycles. The van der Waals surface area contributed by atoms with E-state index in [0.29, 0.717) is 5.88 Å². The number of thiophene rings is 1. The maximum absolute atomic E-state index is 5.72. The summed E-state index contributed by atoms with van der Waals surface area (Å²) in [6.45, 7) is 0. The second kappa shape index (κ2) is 5.04. The first-order chi connectivity index (χ1) is 8.36. The van der Waals surface area contributed by atoms with Crippen molar-refractivity contribution in [2.75, 3.05) is 5.88 Å². The second-order valence-electron chi connectivity index (χ2n) is 4.21. The zero-order valence-electron chi connectivity index (χ0n) is 9.41. The molecule has 0 bridgehead atoms. The van der Waals surface area contributed by atoms with Gasteiger partial charge in [0.25, 0.3) is 0 Å². The van der Waals surface area contributed by atoms with Gasteiger partial charge < -0.3 is 0 Å². The number of rotatable bonds is 3. The van der Waals surface area contributed by atoms with Gasteiger partial charge in [-0.1, -0.05) is 11.3 Å². The third kappa shape index (κ3) is 2.39. The van der Waals surface area contributed by atoms with E-state index >= 15 is 0 Å². The molecule has 1 aliphatic rings. The van der Waals surface area contributed by atoms with E-state index < -0.39 is 0 Å². The quantitative estimate of drug-likeness (QED) is 0.798. The molecule has 0 aromatic carbocycles. The van der Waals surface area contributed by atoms with Crippen LogP contribution in [0.15, 0.2) is 6.07 Å². The number of hydrogen-bond acceptors (Lipinski definition) is 4. The SMILES string of the molecule is ClCCc1nnc(-c2cc3c(s2)CCCC3)s1. The highest BCUT2D eigenvalue weighted by atomic mass is 35.5. The lowest BCUT2D eigenvalue weighted by molar-refractivity contribution is 0.697. The Morgan fingerprint density at radius 3 is 2.88 bits per heavy atom. The Balaban J connectivity index is 1.89. The maximum atomic E-state index is 5.72. The van der Waals surface area contributed by atoms with Gasteiger partial charge in [-0.15, -0.1) is 33.1 Å². The molecule has 0 fully saturated rings. The smallest absolute Gasteiger partial charge is 0.143 e. The summed E-state index contributed by atoms with van der Waals surface area (Å²) in [5, 5.41) is 10.6. The zero-order chi connectivity index (χ0) is 11.7. The van der Waals surface area contributed by atoms with E-state index in [9.17, 15) is 0 Å². The molecule has 0 unspecified atom stereocenters. The number of aryl methyl sites for hydroxylation is 3. The van der Waals surface area contributed by atoms with Crippen LogP contribution in [0, 0.1) is 0 Å². The Hall–Kier alpha value is -0.450. The van der Waals surface area contributed by atoms with Gasteiger partial charge >= 0.3 is 0 Å². The van der Waals surface area contributed by atoms with Crippen LogP contribution in [0.4, 0.5) is 0 Å². The summed E-state index contributed by atoms with van der Waals surface area (Å²) in [4.78, 5) is 2.84. The average Bonchev–Trinajstić information content (AvgIpc) is 2.94. The molecule has 0 amide bonds. The molecule has 3 rings (SSSR count). The Morgan fingerprint density at radius 1 is 1.18 bits per heavy atom. The molecule has 5 heteroatoms. The predicted molar refractivity (Wildman–Crippen MR) is 74.3 cm³/mol. The van der Waals surface area contributed by atoms with E-state index in [1.165, 1.54) is 36.1 Å². The first-order valence-corrected chi connectivity index (χ1v) is 8.04. The molecular weight excluding hydrogens is 272 g/mol. The van der Waals surface area contributed by atoms with Gasteiger partial charge in [0.2, 0.25) is 0 Å². The van der Waals surface area contributed by atoms with Crippen molar-refractivity contribution < 1.29 is 0 Å². The number of aromatic nitrogens is 2. The Bertz CT molecular complexity index is 495. The molecule has 90 valence electrons. The number of alkyl halides is 1. The molecule has 2 nitrogen and oxygen atoms in total. The second-order valence-corrected chi connectivity index (χ2v) is 6.78. The molecule has 2 aromatic rings. The molecular formula is C12H13ClN2S2. The monoisotopic (exact) mass is 284 g/mol. The largest absolute Gasteiger partial charge is 0.157 e. The number of fused-ring (bicyclic) bond motifs is 1. The number of halogens is 1. The lowest BCUT2D eigenvalue weighted by Crippen LogP contribution is -1.96. The van der Waals surface area contributed by atoms with E-state index in [2.05, 4.69) is 16.3 Å². The van der Waals surface area contributed by atoms with Gasteiger partial charge in [0.1, 0.15) is 5.01 Å². The third-order valence-electron chi connectivity index (χ3n) is 2.98. The van der Waals surface area contributed by atoms with Gasteiger partial charge in [-0.2, -0.15) is 0 Å². The topological polar surface area (TPSA) is 25.8 Å². The minimum absolute atomic E-state index is 0.621. The molecule has 0 aliphatic heterocycles. The Morgan fingerprint density at radius 2 is 2.06 bits per heavy atom. The van der Waals surface area contributed by atoms with Crippen molar-refractivity contribution in [1.29, 1.82) is 0 Å². The number of nitrogens with zero attached hydrogens (tertiary/aromatic N) is 2. The average molecular weight is 285 g/mol. The summed E-state index contributed by atoms with van der Waals surface area (Å²) in [5.74, 6) is 0.621. The van der Waals surface area contributed by atoms with E-state index in [4.69, 9.17) is 11.6 Å². The van der Waals surface area contributed by atoms with E-state index in [-0.39, 0.29) is 0 Å². The summed E-state index contributed by atoms with van der Waals surface area (Å²) in [5.41, 5.74) is 1.53. The molecule has 17 heavy (non-hydrogen) atoms. The van der Waals surface area contributed by atoms with Crippen LogP contribution in [0.2, 0.25) is 0 Å². The van der Waals surface area contributed by atoms with Crippen LogP contribution in [0.5, 0.6) is 0 Å². The molecule has 2 aromatic heterocycles. The lowest BCUT2D eigenvalue weighted by atomic mass is 9.99. The van der Waals surface area contributed by atoms with Crippen molar-refractivity contribution in [3.63, 3.8) is 0 Å². The van der Waals surface area contributed by atoms with Crippen LogP contribution in [0.1, 0.15) is 28.3 Å². The Labute approximate surface area is 114 Å². The fraction of sp³-hybridized carbons (Fsp3) is 0.500. The first kappa shape index (κ1) is 11.6. The van der Waals surface area contributed by atoms with Crippen LogP contribution in [0.3, 0.4) is 0 Å². The van der Waals surface area contributed by atoms with Gasteiger partial charge in [-0.05, 0) is 37.3 Å². The predicted octanol–water partition coefficient (Wildman–Crippen LogP) is 3.93.